The number of nitrogens with zero attached hydrogens (tertiary/aromatic N) is 2. The molecule has 0 aromatic carbocycles. The molecule has 2 unspecified atom stereocenters. The van der Waals surface area contributed by atoms with E-state index in [9.17, 15) is 13.8 Å². The third kappa shape index (κ3) is 4.20. The first-order chi connectivity index (χ1) is 10.5. The van der Waals surface area contributed by atoms with Crippen LogP contribution in [0.5, 0.6) is 0 Å². The van der Waals surface area contributed by atoms with Gasteiger partial charge < -0.3 is 4.90 Å². The molecule has 2 N–H and O–H groups in total. The van der Waals surface area contributed by atoms with Crippen molar-refractivity contribution in [2.45, 2.75) is 51.0 Å². The zero-order valence-electron chi connectivity index (χ0n) is 13.2. The number of carbonyl (C=O) groups is 2. The first kappa shape index (κ1) is 18.4. The van der Waals surface area contributed by atoms with Crippen molar-refractivity contribution >= 4 is 22.7 Å². The standard InChI is InChI=1S/C13H17N3O3S.C2H6/c1-2-12(17)11-4-3-7-16(11)13(18)10-6-5-9(8-15-10)20(14)19;1-2/h5-6,8,11H,2-4,7,14H2,1H3;1-2H3. The quantitative estimate of drug-likeness (QED) is 0.911. The summed E-state index contributed by atoms with van der Waals surface area (Å²) in [6, 6.07) is 2.68. The Labute approximate surface area is 133 Å². The normalized spacial score (nSPS) is 18.4. The smallest absolute Gasteiger partial charge is 0.273 e. The second-order valence-electron chi connectivity index (χ2n) is 4.65. The van der Waals surface area contributed by atoms with Crippen molar-refractivity contribution in [3.63, 3.8) is 0 Å². The molecule has 1 saturated heterocycles. The van der Waals surface area contributed by atoms with Gasteiger partial charge in [0.05, 0.1) is 10.9 Å². The average molecular weight is 325 g/mol. The van der Waals surface area contributed by atoms with Crippen molar-refractivity contribution < 1.29 is 13.8 Å². The molecule has 0 saturated carbocycles. The highest BCUT2D eigenvalue weighted by Crippen LogP contribution is 2.21. The van der Waals surface area contributed by atoms with Gasteiger partial charge >= 0.3 is 0 Å². The van der Waals surface area contributed by atoms with Crippen LogP contribution >= 0.6 is 0 Å². The number of nitrogens with two attached hydrogens (primary N) is 1. The molecular formula is C15H23N3O3S. The molecule has 122 valence electrons. The van der Waals surface area contributed by atoms with Gasteiger partial charge in [-0.15, -0.1) is 0 Å². The minimum absolute atomic E-state index is 0.0792. The Morgan fingerprint density at radius 2 is 2.09 bits per heavy atom. The van der Waals surface area contributed by atoms with E-state index in [0.717, 1.165) is 6.42 Å². The highest BCUT2D eigenvalue weighted by molar-refractivity contribution is 7.82. The van der Waals surface area contributed by atoms with E-state index in [-0.39, 0.29) is 23.4 Å². The average Bonchev–Trinajstić information content (AvgIpc) is 3.05. The lowest BCUT2D eigenvalue weighted by Gasteiger charge is -2.22. The fourth-order valence-electron chi connectivity index (χ4n) is 2.35. The molecule has 6 nitrogen and oxygen atoms in total. The highest BCUT2D eigenvalue weighted by atomic mass is 32.2. The molecule has 0 spiro atoms. The molecule has 1 aromatic heterocycles. The van der Waals surface area contributed by atoms with Crippen molar-refractivity contribution in [1.29, 1.82) is 0 Å². The summed E-state index contributed by atoms with van der Waals surface area (Å²) < 4.78 is 11.1. The molecule has 1 fully saturated rings. The van der Waals surface area contributed by atoms with Crippen LogP contribution in [0.2, 0.25) is 0 Å². The number of hydrogen-bond donors (Lipinski definition) is 1. The molecule has 1 amide bonds. The van der Waals surface area contributed by atoms with Crippen LogP contribution in [0.1, 0.15) is 50.5 Å². The molecule has 7 heteroatoms. The molecule has 2 atom stereocenters. The number of pyridine rings is 1. The molecular weight excluding hydrogens is 302 g/mol. The fraction of sp³-hybridized carbons (Fsp3) is 0.533. The van der Waals surface area contributed by atoms with E-state index in [1.165, 1.54) is 18.3 Å². The Bertz CT molecular complexity index is 545. The summed E-state index contributed by atoms with van der Waals surface area (Å²) in [5, 5.41) is 5.23. The van der Waals surface area contributed by atoms with Gasteiger partial charge in [-0.05, 0) is 25.0 Å². The number of aromatic nitrogens is 1. The van der Waals surface area contributed by atoms with Crippen LogP contribution in [0.3, 0.4) is 0 Å². The van der Waals surface area contributed by atoms with Crippen molar-refractivity contribution in [3.8, 4) is 0 Å². The SMILES string of the molecule is CC.CCC(=O)C1CCCN1C(=O)c1ccc(S(N)=O)cn1. The van der Waals surface area contributed by atoms with Gasteiger partial charge in [-0.25, -0.2) is 14.3 Å². The summed E-state index contributed by atoms with van der Waals surface area (Å²) in [6.45, 7) is 6.37. The van der Waals surface area contributed by atoms with Gasteiger partial charge in [-0.1, -0.05) is 20.8 Å². The van der Waals surface area contributed by atoms with Crippen molar-refractivity contribution in [2.24, 2.45) is 5.14 Å². The first-order valence-corrected chi connectivity index (χ1v) is 8.71. The lowest BCUT2D eigenvalue weighted by Crippen LogP contribution is -2.40. The summed E-state index contributed by atoms with van der Waals surface area (Å²) in [5.41, 5.74) is 0.245. The first-order valence-electron chi connectivity index (χ1n) is 7.50. The minimum atomic E-state index is -1.61. The predicted octanol–water partition coefficient (Wildman–Crippen LogP) is 1.67. The highest BCUT2D eigenvalue weighted by Gasteiger charge is 2.33. The molecule has 1 aliphatic rings. The van der Waals surface area contributed by atoms with E-state index < -0.39 is 11.0 Å². The van der Waals surface area contributed by atoms with Crippen LogP contribution in [0.15, 0.2) is 23.2 Å². The van der Waals surface area contributed by atoms with Crippen LogP contribution in [0.4, 0.5) is 0 Å². The van der Waals surface area contributed by atoms with Crippen LogP contribution in [0.25, 0.3) is 0 Å². The van der Waals surface area contributed by atoms with Crippen LogP contribution < -0.4 is 5.14 Å². The zero-order chi connectivity index (χ0) is 16.7. The van der Waals surface area contributed by atoms with Crippen molar-refractivity contribution in [2.75, 3.05) is 6.54 Å². The Hall–Kier alpha value is -1.60. The number of carbonyl (C=O) groups excluding carboxylic acids is 2. The number of likely N-dealkylation sites (tertiary alicyclic amines) is 1. The molecule has 0 aliphatic carbocycles. The summed E-state index contributed by atoms with van der Waals surface area (Å²) in [5.74, 6) is -0.181. The largest absolute Gasteiger partial charge is 0.327 e. The summed E-state index contributed by atoms with van der Waals surface area (Å²) in [7, 11) is -1.61. The van der Waals surface area contributed by atoms with Gasteiger partial charge in [-0.2, -0.15) is 0 Å². The lowest BCUT2D eigenvalue weighted by atomic mass is 10.1. The topological polar surface area (TPSA) is 93.4 Å². The Morgan fingerprint density at radius 3 is 2.59 bits per heavy atom. The predicted molar refractivity (Wildman–Crippen MR) is 85.5 cm³/mol. The van der Waals surface area contributed by atoms with Crippen molar-refractivity contribution in [1.82, 2.24) is 9.88 Å². The van der Waals surface area contributed by atoms with Gasteiger partial charge in [0.1, 0.15) is 16.7 Å². The Kier molecular flexibility index (Phi) is 7.34. The van der Waals surface area contributed by atoms with E-state index >= 15 is 0 Å². The molecule has 22 heavy (non-hydrogen) atoms. The molecule has 2 heterocycles. The zero-order valence-corrected chi connectivity index (χ0v) is 14.1. The second kappa shape index (κ2) is 8.75. The van der Waals surface area contributed by atoms with E-state index in [2.05, 4.69) is 4.98 Å². The number of ketones is 1. The Morgan fingerprint density at radius 1 is 1.41 bits per heavy atom. The molecule has 1 aliphatic heterocycles. The van der Waals surface area contributed by atoms with Gasteiger partial charge in [-0.3, -0.25) is 9.59 Å². The van der Waals surface area contributed by atoms with Gasteiger partial charge in [0.2, 0.25) is 0 Å². The van der Waals surface area contributed by atoms with Crippen molar-refractivity contribution in [3.05, 3.63) is 24.0 Å². The number of hydrogen-bond acceptors (Lipinski definition) is 4. The maximum Gasteiger partial charge on any atom is 0.273 e. The maximum absolute atomic E-state index is 12.4. The monoisotopic (exact) mass is 325 g/mol. The minimum Gasteiger partial charge on any atom is -0.327 e. The summed E-state index contributed by atoms with van der Waals surface area (Å²) in [6.07, 6.45) is 3.29. The summed E-state index contributed by atoms with van der Waals surface area (Å²) >= 11 is 0. The summed E-state index contributed by atoms with van der Waals surface area (Å²) in [4.78, 5) is 30.1. The maximum atomic E-state index is 12.4. The molecule has 0 bridgehead atoms. The van der Waals surface area contributed by atoms with Gasteiger partial charge in [0.15, 0.2) is 5.78 Å². The van der Waals surface area contributed by atoms with Gasteiger partial charge in [0, 0.05) is 19.2 Å². The Balaban J connectivity index is 0.00000116. The van der Waals surface area contributed by atoms with E-state index in [4.69, 9.17) is 5.14 Å². The number of amides is 1. The third-order valence-corrected chi connectivity index (χ3v) is 4.13. The molecule has 2 rings (SSSR count). The van der Waals surface area contributed by atoms with Crippen LogP contribution in [-0.2, 0) is 15.8 Å². The lowest BCUT2D eigenvalue weighted by molar-refractivity contribution is -0.122. The third-order valence-electron chi connectivity index (χ3n) is 3.42. The van der Waals surface area contributed by atoms with E-state index in [1.807, 2.05) is 13.8 Å². The molecule has 0 radical (unpaired) electrons. The van der Waals surface area contributed by atoms with E-state index in [0.29, 0.717) is 24.3 Å². The second-order valence-corrected chi connectivity index (χ2v) is 5.72. The number of Topliss-reactive ketones (excluding diaryl/α,β-unsaturated/α-hetero) is 1. The van der Waals surface area contributed by atoms with Crippen LogP contribution in [-0.4, -0.2) is 38.4 Å². The van der Waals surface area contributed by atoms with Gasteiger partial charge in [0.25, 0.3) is 5.91 Å². The van der Waals surface area contributed by atoms with Crippen LogP contribution in [0, 0.1) is 0 Å². The fourth-order valence-corrected chi connectivity index (χ4v) is 2.71. The molecule has 1 aromatic rings. The van der Waals surface area contributed by atoms with E-state index in [1.54, 1.807) is 11.8 Å². The number of rotatable bonds is 4.